The third kappa shape index (κ3) is 4.14. The van der Waals surface area contributed by atoms with E-state index in [-0.39, 0.29) is 23.4 Å². The Morgan fingerprint density at radius 3 is 2.71 bits per heavy atom. The maximum atomic E-state index is 12.2. The Hall–Kier alpha value is -2.34. The smallest absolute Gasteiger partial charge is 0.273 e. The van der Waals surface area contributed by atoms with Crippen LogP contribution >= 0.6 is 0 Å². The van der Waals surface area contributed by atoms with Crippen LogP contribution in [0.1, 0.15) is 60.1 Å². The van der Waals surface area contributed by atoms with Gasteiger partial charge < -0.3 is 20.6 Å². The molecule has 0 aliphatic heterocycles. The average Bonchev–Trinajstić information content (AvgIpc) is 3.08. The van der Waals surface area contributed by atoms with E-state index in [4.69, 9.17) is 10.2 Å². The first-order chi connectivity index (χ1) is 11.6. The van der Waals surface area contributed by atoms with Crippen molar-refractivity contribution in [3.8, 4) is 5.75 Å². The van der Waals surface area contributed by atoms with Crippen molar-refractivity contribution in [2.75, 3.05) is 0 Å². The first-order valence-corrected chi connectivity index (χ1v) is 8.41. The van der Waals surface area contributed by atoms with E-state index in [9.17, 15) is 9.90 Å². The van der Waals surface area contributed by atoms with Crippen LogP contribution in [0.3, 0.4) is 0 Å². The maximum absolute atomic E-state index is 12.2. The summed E-state index contributed by atoms with van der Waals surface area (Å²) in [4.78, 5) is 16.5. The van der Waals surface area contributed by atoms with Crippen LogP contribution in [0.2, 0.25) is 0 Å². The Bertz CT molecular complexity index is 675. The summed E-state index contributed by atoms with van der Waals surface area (Å²) in [5.41, 5.74) is 7.35. The van der Waals surface area contributed by atoms with Crippen LogP contribution in [0.4, 0.5) is 0 Å². The highest BCUT2D eigenvalue weighted by atomic mass is 16.3. The molecule has 0 bridgehead atoms. The van der Waals surface area contributed by atoms with E-state index in [1.807, 2.05) is 0 Å². The number of aromatic hydroxyl groups is 1. The van der Waals surface area contributed by atoms with Gasteiger partial charge in [-0.25, -0.2) is 4.98 Å². The van der Waals surface area contributed by atoms with Gasteiger partial charge in [-0.1, -0.05) is 31.4 Å². The molecule has 1 saturated carbocycles. The molecule has 1 heterocycles. The van der Waals surface area contributed by atoms with Crippen LogP contribution in [0, 0.1) is 0 Å². The second-order valence-corrected chi connectivity index (χ2v) is 6.36. The van der Waals surface area contributed by atoms with Gasteiger partial charge in [-0.3, -0.25) is 4.79 Å². The zero-order chi connectivity index (χ0) is 16.9. The van der Waals surface area contributed by atoms with Crippen molar-refractivity contribution >= 4 is 5.91 Å². The lowest BCUT2D eigenvalue weighted by Crippen LogP contribution is -2.36. The summed E-state index contributed by atoms with van der Waals surface area (Å²) in [7, 11) is 0. The quantitative estimate of drug-likeness (QED) is 0.783. The Labute approximate surface area is 141 Å². The summed E-state index contributed by atoms with van der Waals surface area (Å²) in [6.45, 7) is 0. The lowest BCUT2D eigenvalue weighted by molar-refractivity contribution is 0.0922. The van der Waals surface area contributed by atoms with E-state index in [0.29, 0.717) is 12.3 Å². The fraction of sp³-hybridized carbons (Fsp3) is 0.444. The Balaban J connectivity index is 1.59. The summed E-state index contributed by atoms with van der Waals surface area (Å²) < 4.78 is 5.39. The molecule has 1 aromatic heterocycles. The minimum Gasteiger partial charge on any atom is -0.508 e. The number of hydrogen-bond acceptors (Lipinski definition) is 5. The molecule has 2 aromatic rings. The first kappa shape index (κ1) is 16.5. The van der Waals surface area contributed by atoms with Gasteiger partial charge in [0.05, 0.1) is 6.04 Å². The van der Waals surface area contributed by atoms with Gasteiger partial charge in [0.15, 0.2) is 5.69 Å². The third-order valence-electron chi connectivity index (χ3n) is 4.40. The fourth-order valence-corrected chi connectivity index (χ4v) is 3.04. The van der Waals surface area contributed by atoms with Gasteiger partial charge in [-0.15, -0.1) is 0 Å². The number of hydrogen-bond donors (Lipinski definition) is 3. The number of phenols is 1. The number of benzene rings is 1. The number of phenolic OH excluding ortho intramolecular Hbond substituents is 1. The summed E-state index contributed by atoms with van der Waals surface area (Å²) in [6.07, 6.45) is 7.49. The second-order valence-electron chi connectivity index (χ2n) is 6.36. The molecule has 128 valence electrons. The highest BCUT2D eigenvalue weighted by molar-refractivity contribution is 5.92. The Morgan fingerprint density at radius 2 is 2.00 bits per heavy atom. The molecule has 1 unspecified atom stereocenters. The lowest BCUT2D eigenvalue weighted by atomic mass is 9.95. The van der Waals surface area contributed by atoms with Crippen LogP contribution < -0.4 is 11.1 Å². The number of amides is 1. The summed E-state index contributed by atoms with van der Waals surface area (Å²) in [6, 6.07) is 6.62. The Kier molecular flexibility index (Phi) is 5.15. The molecule has 1 aliphatic rings. The van der Waals surface area contributed by atoms with E-state index in [1.54, 1.807) is 24.3 Å². The molecule has 1 aliphatic carbocycles. The zero-order valence-corrected chi connectivity index (χ0v) is 13.6. The van der Waals surface area contributed by atoms with Gasteiger partial charge in [-0.05, 0) is 37.0 Å². The minimum absolute atomic E-state index is 0.200. The van der Waals surface area contributed by atoms with Gasteiger partial charge in [0.1, 0.15) is 12.0 Å². The third-order valence-corrected chi connectivity index (χ3v) is 4.40. The van der Waals surface area contributed by atoms with Crippen molar-refractivity contribution in [2.24, 2.45) is 5.73 Å². The number of nitrogens with two attached hydrogens (primary N) is 1. The van der Waals surface area contributed by atoms with E-state index in [2.05, 4.69) is 10.3 Å². The molecule has 24 heavy (non-hydrogen) atoms. The van der Waals surface area contributed by atoms with Crippen molar-refractivity contribution in [3.05, 3.63) is 47.7 Å². The van der Waals surface area contributed by atoms with Gasteiger partial charge >= 0.3 is 0 Å². The summed E-state index contributed by atoms with van der Waals surface area (Å²) in [5.74, 6) is 0.357. The fourth-order valence-electron chi connectivity index (χ4n) is 3.04. The van der Waals surface area contributed by atoms with Gasteiger partial charge in [-0.2, -0.15) is 0 Å². The number of oxazole rings is 1. The number of carbonyl (C=O) groups is 1. The lowest BCUT2D eigenvalue weighted by Gasteiger charge is -2.22. The van der Waals surface area contributed by atoms with Crippen LogP contribution in [-0.2, 0) is 6.42 Å². The van der Waals surface area contributed by atoms with E-state index >= 15 is 0 Å². The van der Waals surface area contributed by atoms with Crippen molar-refractivity contribution in [1.29, 1.82) is 0 Å². The number of nitrogens with one attached hydrogen (secondary N) is 1. The van der Waals surface area contributed by atoms with E-state index < -0.39 is 6.04 Å². The zero-order valence-electron chi connectivity index (χ0n) is 13.6. The predicted octanol–water partition coefficient (Wildman–Crippen LogP) is 2.69. The average molecular weight is 329 g/mol. The monoisotopic (exact) mass is 329 g/mol. The molecule has 3 rings (SSSR count). The van der Waals surface area contributed by atoms with Crippen LogP contribution in [-0.4, -0.2) is 22.0 Å². The number of nitrogens with zero attached hydrogens (tertiary/aromatic N) is 1. The maximum Gasteiger partial charge on any atom is 0.273 e. The van der Waals surface area contributed by atoms with Crippen LogP contribution in [0.15, 0.2) is 34.9 Å². The molecule has 1 amide bonds. The van der Waals surface area contributed by atoms with Crippen molar-refractivity contribution < 1.29 is 14.3 Å². The molecular formula is C18H23N3O3. The SMILES string of the molecule is NC(Cc1ccc(O)cc1)c1nc(C(=O)NC2CCCCC2)co1. The summed E-state index contributed by atoms with van der Waals surface area (Å²) in [5, 5.41) is 12.3. The highest BCUT2D eigenvalue weighted by Crippen LogP contribution is 2.20. The normalized spacial score (nSPS) is 16.7. The molecule has 1 fully saturated rings. The van der Waals surface area contributed by atoms with Crippen LogP contribution in [0.5, 0.6) is 5.75 Å². The van der Waals surface area contributed by atoms with E-state index in [1.165, 1.54) is 12.7 Å². The number of aromatic nitrogens is 1. The van der Waals surface area contributed by atoms with Crippen LogP contribution in [0.25, 0.3) is 0 Å². The molecule has 1 aromatic carbocycles. The molecule has 0 saturated heterocycles. The standard InChI is InChI=1S/C18H23N3O3/c19-15(10-12-6-8-14(22)9-7-12)18-21-16(11-24-18)17(23)20-13-4-2-1-3-5-13/h6-9,11,13,15,22H,1-5,10,19H2,(H,20,23). The number of rotatable bonds is 5. The molecule has 6 heteroatoms. The molecule has 1 atom stereocenters. The number of carbonyl (C=O) groups excluding carboxylic acids is 1. The second kappa shape index (κ2) is 7.49. The first-order valence-electron chi connectivity index (χ1n) is 8.41. The largest absolute Gasteiger partial charge is 0.508 e. The molecule has 0 spiro atoms. The minimum atomic E-state index is -0.439. The summed E-state index contributed by atoms with van der Waals surface area (Å²) >= 11 is 0. The van der Waals surface area contributed by atoms with Crippen molar-refractivity contribution in [2.45, 2.75) is 50.6 Å². The van der Waals surface area contributed by atoms with Gasteiger partial charge in [0.2, 0.25) is 5.89 Å². The van der Waals surface area contributed by atoms with Crippen molar-refractivity contribution in [3.63, 3.8) is 0 Å². The Morgan fingerprint density at radius 1 is 1.29 bits per heavy atom. The topological polar surface area (TPSA) is 101 Å². The molecule has 0 radical (unpaired) electrons. The predicted molar refractivity (Wildman–Crippen MR) is 89.6 cm³/mol. The van der Waals surface area contributed by atoms with Crippen molar-refractivity contribution in [1.82, 2.24) is 10.3 Å². The molecule has 4 N–H and O–H groups in total. The molecule has 6 nitrogen and oxygen atoms in total. The van der Waals surface area contributed by atoms with Gasteiger partial charge in [0, 0.05) is 6.04 Å². The van der Waals surface area contributed by atoms with Gasteiger partial charge in [0.25, 0.3) is 5.91 Å². The highest BCUT2D eigenvalue weighted by Gasteiger charge is 2.21. The molecular weight excluding hydrogens is 306 g/mol. The van der Waals surface area contributed by atoms with E-state index in [0.717, 1.165) is 31.2 Å².